The van der Waals surface area contributed by atoms with Crippen LogP contribution in [0.3, 0.4) is 0 Å². The van der Waals surface area contributed by atoms with Gasteiger partial charge in [0.05, 0.1) is 25.6 Å². The number of ether oxygens (including phenoxy) is 2. The first-order valence-corrected chi connectivity index (χ1v) is 6.65. The first kappa shape index (κ1) is 14.2. The van der Waals surface area contributed by atoms with Gasteiger partial charge >= 0.3 is 0 Å². The Morgan fingerprint density at radius 3 is 2.60 bits per heavy atom. The average molecular weight is 275 g/mol. The van der Waals surface area contributed by atoms with Crippen LogP contribution >= 0.6 is 0 Å². The number of aryl methyl sites for hydroxylation is 2. The topological polar surface area (TPSA) is 48.3 Å². The molecule has 0 unspecified atom stereocenters. The standard InChI is InChI=1S/C15H21N3O2/c1-5-12-13(10-18(2)17-12)16-9-11-6-7-14(19-3)15(8-11)20-4/h6-8,10,16H,5,9H2,1-4H3. The second kappa shape index (κ2) is 6.32. The molecular formula is C15H21N3O2. The maximum atomic E-state index is 5.31. The van der Waals surface area contributed by atoms with Gasteiger partial charge in [0.2, 0.25) is 0 Å². The van der Waals surface area contributed by atoms with Gasteiger partial charge in [-0.1, -0.05) is 13.0 Å². The third kappa shape index (κ3) is 3.04. The van der Waals surface area contributed by atoms with Gasteiger partial charge in [-0.15, -0.1) is 0 Å². The molecule has 108 valence electrons. The largest absolute Gasteiger partial charge is 0.493 e. The molecule has 1 aromatic carbocycles. The molecule has 5 heteroatoms. The average Bonchev–Trinajstić information content (AvgIpc) is 2.84. The summed E-state index contributed by atoms with van der Waals surface area (Å²) >= 11 is 0. The SMILES string of the molecule is CCc1nn(C)cc1NCc1ccc(OC)c(OC)c1. The number of rotatable bonds is 6. The van der Waals surface area contributed by atoms with Crippen molar-refractivity contribution in [2.75, 3.05) is 19.5 Å². The highest BCUT2D eigenvalue weighted by molar-refractivity contribution is 5.48. The lowest BCUT2D eigenvalue weighted by Gasteiger charge is -2.10. The molecule has 1 heterocycles. The van der Waals surface area contributed by atoms with E-state index in [0.29, 0.717) is 0 Å². The maximum absolute atomic E-state index is 5.31. The molecule has 5 nitrogen and oxygen atoms in total. The van der Waals surface area contributed by atoms with Gasteiger partial charge in [-0.2, -0.15) is 5.10 Å². The van der Waals surface area contributed by atoms with Gasteiger partial charge in [0.15, 0.2) is 11.5 Å². The van der Waals surface area contributed by atoms with E-state index in [4.69, 9.17) is 9.47 Å². The van der Waals surface area contributed by atoms with Gasteiger partial charge in [-0.05, 0) is 24.1 Å². The number of benzene rings is 1. The Balaban J connectivity index is 2.10. The fourth-order valence-corrected chi connectivity index (χ4v) is 2.13. The van der Waals surface area contributed by atoms with E-state index in [0.717, 1.165) is 41.4 Å². The lowest BCUT2D eigenvalue weighted by Crippen LogP contribution is -2.01. The van der Waals surface area contributed by atoms with E-state index in [1.807, 2.05) is 36.1 Å². The van der Waals surface area contributed by atoms with Crippen molar-refractivity contribution in [2.24, 2.45) is 7.05 Å². The van der Waals surface area contributed by atoms with Crippen LogP contribution < -0.4 is 14.8 Å². The summed E-state index contributed by atoms with van der Waals surface area (Å²) in [7, 11) is 5.21. The molecule has 20 heavy (non-hydrogen) atoms. The minimum Gasteiger partial charge on any atom is -0.493 e. The quantitative estimate of drug-likeness (QED) is 0.880. The van der Waals surface area contributed by atoms with Crippen LogP contribution in [-0.4, -0.2) is 24.0 Å². The van der Waals surface area contributed by atoms with Crippen LogP contribution in [0.4, 0.5) is 5.69 Å². The predicted octanol–water partition coefficient (Wildman–Crippen LogP) is 2.61. The summed E-state index contributed by atoms with van der Waals surface area (Å²) in [5.41, 5.74) is 3.28. The molecule has 0 aliphatic heterocycles. The molecule has 0 aliphatic rings. The molecule has 0 saturated heterocycles. The van der Waals surface area contributed by atoms with Crippen molar-refractivity contribution >= 4 is 5.69 Å². The van der Waals surface area contributed by atoms with Gasteiger partial charge in [0, 0.05) is 19.8 Å². The van der Waals surface area contributed by atoms with E-state index in [9.17, 15) is 0 Å². The van der Waals surface area contributed by atoms with Gasteiger partial charge in [-0.3, -0.25) is 4.68 Å². The van der Waals surface area contributed by atoms with Crippen molar-refractivity contribution in [3.63, 3.8) is 0 Å². The molecule has 1 aromatic heterocycles. The van der Waals surface area contributed by atoms with E-state index in [1.54, 1.807) is 14.2 Å². The number of hydrogen-bond acceptors (Lipinski definition) is 4. The van der Waals surface area contributed by atoms with E-state index >= 15 is 0 Å². The van der Waals surface area contributed by atoms with Crippen LogP contribution in [0.1, 0.15) is 18.2 Å². The first-order valence-electron chi connectivity index (χ1n) is 6.65. The van der Waals surface area contributed by atoms with Gasteiger partial charge < -0.3 is 14.8 Å². The summed E-state index contributed by atoms with van der Waals surface area (Å²) in [5.74, 6) is 1.49. The number of hydrogen-bond donors (Lipinski definition) is 1. The Labute approximate surface area is 119 Å². The number of nitrogens with zero attached hydrogens (tertiary/aromatic N) is 2. The maximum Gasteiger partial charge on any atom is 0.161 e. The second-order valence-electron chi connectivity index (χ2n) is 4.56. The first-order chi connectivity index (χ1) is 9.67. The Morgan fingerprint density at radius 1 is 1.20 bits per heavy atom. The lowest BCUT2D eigenvalue weighted by molar-refractivity contribution is 0.354. The van der Waals surface area contributed by atoms with Crippen LogP contribution in [-0.2, 0) is 20.0 Å². The summed E-state index contributed by atoms with van der Waals surface area (Å²) in [6.45, 7) is 2.82. The molecule has 0 spiro atoms. The Morgan fingerprint density at radius 2 is 1.95 bits per heavy atom. The summed E-state index contributed by atoms with van der Waals surface area (Å²) in [6.07, 6.45) is 2.91. The molecule has 0 bridgehead atoms. The zero-order chi connectivity index (χ0) is 14.5. The molecule has 0 saturated carbocycles. The van der Waals surface area contributed by atoms with E-state index < -0.39 is 0 Å². The summed E-state index contributed by atoms with van der Waals surface area (Å²) in [5, 5.41) is 7.82. The molecule has 0 amide bonds. The zero-order valence-electron chi connectivity index (χ0n) is 12.4. The van der Waals surface area contributed by atoms with Crippen LogP contribution in [0.25, 0.3) is 0 Å². The highest BCUT2D eigenvalue weighted by Crippen LogP contribution is 2.28. The normalized spacial score (nSPS) is 10.4. The minimum absolute atomic E-state index is 0.721. The number of methoxy groups -OCH3 is 2. The third-order valence-corrected chi connectivity index (χ3v) is 3.17. The molecule has 2 rings (SSSR count). The zero-order valence-corrected chi connectivity index (χ0v) is 12.4. The van der Waals surface area contributed by atoms with Crippen LogP contribution in [0, 0.1) is 0 Å². The summed E-state index contributed by atoms with van der Waals surface area (Å²) in [6, 6.07) is 5.92. The fourth-order valence-electron chi connectivity index (χ4n) is 2.13. The van der Waals surface area contributed by atoms with Crippen LogP contribution in [0.15, 0.2) is 24.4 Å². The molecule has 0 fully saturated rings. The monoisotopic (exact) mass is 275 g/mol. The van der Waals surface area contributed by atoms with Crippen molar-refractivity contribution in [1.82, 2.24) is 9.78 Å². The predicted molar refractivity (Wildman–Crippen MR) is 79.5 cm³/mol. The molecule has 0 aliphatic carbocycles. The number of aromatic nitrogens is 2. The summed E-state index contributed by atoms with van der Waals surface area (Å²) < 4.78 is 12.4. The van der Waals surface area contributed by atoms with Crippen molar-refractivity contribution in [2.45, 2.75) is 19.9 Å². The number of anilines is 1. The molecule has 0 atom stereocenters. The highest BCUT2D eigenvalue weighted by Gasteiger charge is 2.07. The van der Waals surface area contributed by atoms with Crippen LogP contribution in [0.5, 0.6) is 11.5 Å². The van der Waals surface area contributed by atoms with Crippen molar-refractivity contribution in [3.8, 4) is 11.5 Å². The Hall–Kier alpha value is -2.17. The molecule has 0 radical (unpaired) electrons. The Bertz CT molecular complexity index is 578. The lowest BCUT2D eigenvalue weighted by atomic mass is 10.2. The van der Waals surface area contributed by atoms with Crippen LogP contribution in [0.2, 0.25) is 0 Å². The minimum atomic E-state index is 0.721. The van der Waals surface area contributed by atoms with Crippen molar-refractivity contribution in [1.29, 1.82) is 0 Å². The van der Waals surface area contributed by atoms with Gasteiger partial charge in [-0.25, -0.2) is 0 Å². The molecule has 1 N–H and O–H groups in total. The summed E-state index contributed by atoms with van der Waals surface area (Å²) in [4.78, 5) is 0. The second-order valence-corrected chi connectivity index (χ2v) is 4.56. The third-order valence-electron chi connectivity index (χ3n) is 3.17. The number of nitrogens with one attached hydrogen (secondary N) is 1. The van der Waals surface area contributed by atoms with E-state index in [-0.39, 0.29) is 0 Å². The van der Waals surface area contributed by atoms with Gasteiger partial charge in [0.25, 0.3) is 0 Å². The molecule has 2 aromatic rings. The van der Waals surface area contributed by atoms with Crippen molar-refractivity contribution < 1.29 is 9.47 Å². The van der Waals surface area contributed by atoms with E-state index in [1.165, 1.54) is 0 Å². The highest BCUT2D eigenvalue weighted by atomic mass is 16.5. The van der Waals surface area contributed by atoms with Gasteiger partial charge in [0.1, 0.15) is 0 Å². The molecular weight excluding hydrogens is 254 g/mol. The Kier molecular flexibility index (Phi) is 4.50. The fraction of sp³-hybridized carbons (Fsp3) is 0.400. The van der Waals surface area contributed by atoms with E-state index in [2.05, 4.69) is 17.3 Å². The smallest absolute Gasteiger partial charge is 0.161 e. The van der Waals surface area contributed by atoms with Crippen molar-refractivity contribution in [3.05, 3.63) is 35.7 Å².